The average molecular weight is 265 g/mol. The monoisotopic (exact) mass is 265 g/mol. The number of methoxy groups -OCH3 is 1. The Morgan fingerprint density at radius 2 is 1.90 bits per heavy atom. The van der Waals surface area contributed by atoms with Gasteiger partial charge in [-0.05, 0) is 25.1 Å². The number of aromatic nitrogens is 1. The van der Waals surface area contributed by atoms with E-state index >= 15 is 0 Å². The van der Waals surface area contributed by atoms with E-state index in [1.165, 1.54) is 0 Å². The molecule has 20 heavy (non-hydrogen) atoms. The largest absolute Gasteiger partial charge is 0.497 e. The van der Waals surface area contributed by atoms with Gasteiger partial charge in [0.15, 0.2) is 5.78 Å². The molecule has 0 unspecified atom stereocenters. The summed E-state index contributed by atoms with van der Waals surface area (Å²) in [5.74, 6) is 0.830. The van der Waals surface area contributed by atoms with Crippen molar-refractivity contribution >= 4 is 16.7 Å². The second kappa shape index (κ2) is 4.85. The Bertz CT molecular complexity index is 787. The minimum atomic E-state index is 0.0558. The summed E-state index contributed by atoms with van der Waals surface area (Å²) in [5, 5.41) is 0.956. The normalized spacial score (nSPS) is 10.7. The molecule has 0 aliphatic carbocycles. The first-order chi connectivity index (χ1) is 9.70. The molecule has 100 valence electrons. The molecule has 0 bridgehead atoms. The van der Waals surface area contributed by atoms with Crippen LogP contribution in [0.3, 0.4) is 0 Å². The molecule has 3 nitrogen and oxygen atoms in total. The molecular formula is C17H15NO2. The number of nitrogens with one attached hydrogen (secondary N) is 1. The summed E-state index contributed by atoms with van der Waals surface area (Å²) in [6.45, 7) is 1.60. The van der Waals surface area contributed by atoms with Crippen molar-refractivity contribution < 1.29 is 9.53 Å². The number of fused-ring (bicyclic) bond motifs is 1. The molecule has 0 aliphatic heterocycles. The summed E-state index contributed by atoms with van der Waals surface area (Å²) in [7, 11) is 1.64. The van der Waals surface area contributed by atoms with Crippen molar-refractivity contribution in [3.63, 3.8) is 0 Å². The summed E-state index contributed by atoms with van der Waals surface area (Å²) in [6, 6.07) is 15.5. The number of benzene rings is 2. The van der Waals surface area contributed by atoms with E-state index in [1.807, 2.05) is 48.5 Å². The van der Waals surface area contributed by atoms with Crippen LogP contribution in [0.25, 0.3) is 22.2 Å². The van der Waals surface area contributed by atoms with Crippen molar-refractivity contribution in [1.82, 2.24) is 4.98 Å². The smallest absolute Gasteiger partial charge is 0.162 e. The number of para-hydroxylation sites is 1. The highest BCUT2D eigenvalue weighted by molar-refractivity contribution is 6.12. The van der Waals surface area contributed by atoms with Gasteiger partial charge in [0.25, 0.3) is 0 Å². The van der Waals surface area contributed by atoms with E-state index < -0.39 is 0 Å². The lowest BCUT2D eigenvalue weighted by molar-refractivity contribution is 0.102. The Morgan fingerprint density at radius 1 is 1.10 bits per heavy atom. The van der Waals surface area contributed by atoms with Gasteiger partial charge in [-0.15, -0.1) is 0 Å². The second-order valence-corrected chi connectivity index (χ2v) is 4.71. The quantitative estimate of drug-likeness (QED) is 0.726. The number of hydrogen-bond acceptors (Lipinski definition) is 2. The van der Waals surface area contributed by atoms with Gasteiger partial charge in [-0.2, -0.15) is 0 Å². The van der Waals surface area contributed by atoms with E-state index in [0.29, 0.717) is 0 Å². The summed E-state index contributed by atoms with van der Waals surface area (Å²) < 4.78 is 5.25. The molecule has 1 heterocycles. The molecule has 0 amide bonds. The second-order valence-electron chi connectivity index (χ2n) is 4.71. The highest BCUT2D eigenvalue weighted by atomic mass is 16.5. The van der Waals surface area contributed by atoms with Gasteiger partial charge in [0, 0.05) is 16.5 Å². The molecule has 1 N–H and O–H groups in total. The summed E-state index contributed by atoms with van der Waals surface area (Å²) in [5.41, 5.74) is 3.49. The Hall–Kier alpha value is -2.55. The Balaban J connectivity index is 2.29. The number of ether oxygens (including phenoxy) is 1. The highest BCUT2D eigenvalue weighted by Crippen LogP contribution is 2.32. The van der Waals surface area contributed by atoms with E-state index in [1.54, 1.807) is 14.0 Å². The van der Waals surface area contributed by atoms with Crippen LogP contribution in [0, 0.1) is 0 Å². The van der Waals surface area contributed by atoms with Gasteiger partial charge in [-0.1, -0.05) is 30.3 Å². The number of Topliss-reactive ketones (excluding diaryl/α,β-unsaturated/α-hetero) is 1. The van der Waals surface area contributed by atoms with E-state index in [2.05, 4.69) is 4.98 Å². The van der Waals surface area contributed by atoms with Crippen molar-refractivity contribution in [1.29, 1.82) is 0 Å². The number of rotatable bonds is 3. The first-order valence-electron chi connectivity index (χ1n) is 6.47. The highest BCUT2D eigenvalue weighted by Gasteiger charge is 2.16. The SMILES string of the molecule is COc1cccc(-c2[nH]c3ccccc3c2C(C)=O)c1. The van der Waals surface area contributed by atoms with Crippen LogP contribution in [0.5, 0.6) is 5.75 Å². The molecule has 3 heteroatoms. The molecule has 0 atom stereocenters. The minimum absolute atomic E-state index is 0.0558. The van der Waals surface area contributed by atoms with E-state index in [9.17, 15) is 4.79 Å². The summed E-state index contributed by atoms with van der Waals surface area (Å²) >= 11 is 0. The summed E-state index contributed by atoms with van der Waals surface area (Å²) in [4.78, 5) is 15.4. The Kier molecular flexibility index (Phi) is 3.03. The first-order valence-corrected chi connectivity index (χ1v) is 6.47. The van der Waals surface area contributed by atoms with Crippen molar-refractivity contribution in [2.24, 2.45) is 0 Å². The maximum absolute atomic E-state index is 12.0. The number of carbonyl (C=O) groups is 1. The van der Waals surface area contributed by atoms with Gasteiger partial charge in [0.05, 0.1) is 18.4 Å². The topological polar surface area (TPSA) is 42.1 Å². The van der Waals surface area contributed by atoms with Crippen LogP contribution in [-0.2, 0) is 0 Å². The molecule has 0 radical (unpaired) electrons. The number of H-pyrrole nitrogens is 1. The lowest BCUT2D eigenvalue weighted by Crippen LogP contribution is -1.94. The molecule has 3 rings (SSSR count). The van der Waals surface area contributed by atoms with Crippen molar-refractivity contribution in [2.45, 2.75) is 6.92 Å². The van der Waals surface area contributed by atoms with E-state index in [0.717, 1.165) is 33.5 Å². The van der Waals surface area contributed by atoms with Gasteiger partial charge in [-0.25, -0.2) is 0 Å². The molecular weight excluding hydrogens is 250 g/mol. The van der Waals surface area contributed by atoms with Crippen LogP contribution in [-0.4, -0.2) is 17.9 Å². The molecule has 3 aromatic rings. The van der Waals surface area contributed by atoms with Gasteiger partial charge < -0.3 is 9.72 Å². The van der Waals surface area contributed by atoms with Crippen LogP contribution in [0.4, 0.5) is 0 Å². The molecule has 2 aromatic carbocycles. The predicted molar refractivity (Wildman–Crippen MR) is 80.3 cm³/mol. The van der Waals surface area contributed by atoms with Crippen LogP contribution in [0.15, 0.2) is 48.5 Å². The van der Waals surface area contributed by atoms with Gasteiger partial charge in [0.1, 0.15) is 5.75 Å². The van der Waals surface area contributed by atoms with Crippen molar-refractivity contribution in [3.8, 4) is 17.0 Å². The molecule has 0 aliphatic rings. The fourth-order valence-electron chi connectivity index (χ4n) is 2.50. The van der Waals surface area contributed by atoms with Crippen LogP contribution in [0.1, 0.15) is 17.3 Å². The van der Waals surface area contributed by atoms with Gasteiger partial charge in [-0.3, -0.25) is 4.79 Å². The van der Waals surface area contributed by atoms with Crippen molar-refractivity contribution in [2.75, 3.05) is 7.11 Å². The third kappa shape index (κ3) is 1.97. The lowest BCUT2D eigenvalue weighted by atomic mass is 10.0. The summed E-state index contributed by atoms with van der Waals surface area (Å²) in [6.07, 6.45) is 0. The Morgan fingerprint density at radius 3 is 2.65 bits per heavy atom. The van der Waals surface area contributed by atoms with Gasteiger partial charge in [0.2, 0.25) is 0 Å². The fourth-order valence-corrected chi connectivity index (χ4v) is 2.50. The third-order valence-electron chi connectivity index (χ3n) is 3.42. The number of ketones is 1. The minimum Gasteiger partial charge on any atom is -0.497 e. The first kappa shape index (κ1) is 12.5. The zero-order valence-corrected chi connectivity index (χ0v) is 11.4. The zero-order valence-electron chi connectivity index (χ0n) is 11.4. The molecule has 0 fully saturated rings. The maximum Gasteiger partial charge on any atom is 0.162 e. The number of hydrogen-bond donors (Lipinski definition) is 1. The van der Waals surface area contributed by atoms with E-state index in [-0.39, 0.29) is 5.78 Å². The fraction of sp³-hybridized carbons (Fsp3) is 0.118. The predicted octanol–water partition coefficient (Wildman–Crippen LogP) is 4.05. The van der Waals surface area contributed by atoms with Gasteiger partial charge >= 0.3 is 0 Å². The van der Waals surface area contributed by atoms with Crippen LogP contribution in [0.2, 0.25) is 0 Å². The van der Waals surface area contributed by atoms with Crippen LogP contribution < -0.4 is 4.74 Å². The van der Waals surface area contributed by atoms with Crippen LogP contribution >= 0.6 is 0 Å². The number of carbonyl (C=O) groups excluding carboxylic acids is 1. The average Bonchev–Trinajstić information content (AvgIpc) is 2.87. The number of aromatic amines is 1. The standard InChI is InChI=1S/C17H15NO2/c1-11(19)16-14-8-3-4-9-15(14)18-17(16)12-6-5-7-13(10-12)20-2/h3-10,18H,1-2H3. The lowest BCUT2D eigenvalue weighted by Gasteiger charge is -2.05. The zero-order chi connectivity index (χ0) is 14.1. The molecule has 1 aromatic heterocycles. The van der Waals surface area contributed by atoms with E-state index in [4.69, 9.17) is 4.74 Å². The Labute approximate surface area is 117 Å². The molecule has 0 spiro atoms. The maximum atomic E-state index is 12.0. The molecule has 0 saturated heterocycles. The molecule has 0 saturated carbocycles. The third-order valence-corrected chi connectivity index (χ3v) is 3.42. The van der Waals surface area contributed by atoms with Crippen molar-refractivity contribution in [3.05, 3.63) is 54.1 Å².